The van der Waals surface area contributed by atoms with Crippen LogP contribution in [0.15, 0.2) is 54.6 Å². The first-order valence-electron chi connectivity index (χ1n) is 22.3. The summed E-state index contributed by atoms with van der Waals surface area (Å²) in [7, 11) is 10.4. The summed E-state index contributed by atoms with van der Waals surface area (Å²) in [5.41, 5.74) is 7.87. The van der Waals surface area contributed by atoms with Crippen molar-refractivity contribution in [3.05, 3.63) is 65.7 Å². The van der Waals surface area contributed by atoms with Gasteiger partial charge in [0.2, 0.25) is 23.6 Å². The molecule has 2 aromatic carbocycles. The molecule has 0 aromatic heterocycles. The number of carbonyl (C=O) groups is 5. The van der Waals surface area contributed by atoms with Crippen molar-refractivity contribution in [3.8, 4) is 0 Å². The van der Waals surface area contributed by atoms with Crippen LogP contribution in [0.2, 0.25) is 0 Å². The van der Waals surface area contributed by atoms with Crippen molar-refractivity contribution in [2.75, 3.05) is 61.2 Å². The van der Waals surface area contributed by atoms with Gasteiger partial charge in [0.05, 0.1) is 42.7 Å². The van der Waals surface area contributed by atoms with Crippen LogP contribution in [0.25, 0.3) is 0 Å². The second kappa shape index (κ2) is 26.8. The quantitative estimate of drug-likeness (QED) is 0.0711. The predicted octanol–water partition coefficient (Wildman–Crippen LogP) is 5.01. The minimum absolute atomic E-state index is 0.00726. The molecule has 0 saturated carbocycles. The molecule has 14 nitrogen and oxygen atoms in total. The average molecular weight is 866 g/mol. The zero-order valence-electron chi connectivity index (χ0n) is 39.9. The molecular weight excluding hydrogens is 787 g/mol. The molecule has 0 aliphatic carbocycles. The number of nitrogens with zero attached hydrogens (tertiary/aromatic N) is 3. The lowest BCUT2D eigenvalue weighted by atomic mass is 9.89. The maximum atomic E-state index is 14.2. The number of nitrogens with one attached hydrogen (secondary N) is 3. The van der Waals surface area contributed by atoms with Gasteiger partial charge in [-0.05, 0) is 87.4 Å². The number of nitrogen functional groups attached to an aromatic ring is 1. The Bertz CT molecular complexity index is 1670. The largest absolute Gasteiger partial charge is 0.399 e. The van der Waals surface area contributed by atoms with Crippen molar-refractivity contribution in [2.24, 2.45) is 23.7 Å². The Morgan fingerprint density at radius 1 is 0.758 bits per heavy atom. The van der Waals surface area contributed by atoms with Crippen LogP contribution in [0.4, 0.5) is 5.69 Å². The van der Waals surface area contributed by atoms with Crippen LogP contribution in [-0.4, -0.2) is 136 Å². The summed E-state index contributed by atoms with van der Waals surface area (Å²) in [6.07, 6.45) is 2.44. The fraction of sp³-hybridized carbons (Fsp3) is 0.646. The maximum Gasteiger partial charge on any atom is 0.251 e. The topological polar surface area (TPSA) is 176 Å². The molecular formula is C48H79N7O7. The number of amides is 5. The van der Waals surface area contributed by atoms with Crippen LogP contribution in [-0.2, 0) is 35.1 Å². The molecule has 62 heavy (non-hydrogen) atoms. The Hall–Kier alpha value is -4.53. The van der Waals surface area contributed by atoms with Gasteiger partial charge in [0, 0.05) is 52.7 Å². The van der Waals surface area contributed by atoms with E-state index in [2.05, 4.69) is 22.9 Å². The molecule has 5 N–H and O–H groups in total. The van der Waals surface area contributed by atoms with E-state index in [4.69, 9.17) is 15.2 Å². The van der Waals surface area contributed by atoms with Crippen LogP contribution in [0.3, 0.4) is 0 Å². The van der Waals surface area contributed by atoms with Crippen molar-refractivity contribution in [3.63, 3.8) is 0 Å². The van der Waals surface area contributed by atoms with Gasteiger partial charge in [0.1, 0.15) is 6.04 Å². The SMILES string of the molecule is CCC(C)C(C(CC(=O)N(C)CCCCC(OC)C(C)C(=O)NC(CNC(=O)c1ccc(N)cc1)Cc1ccccc1)OC)N(C)C(=O)[C@@H](NC(=O)C(C(C)C)N(C)C)C(C)C. The van der Waals surface area contributed by atoms with E-state index in [9.17, 15) is 24.0 Å². The Morgan fingerprint density at radius 3 is 1.90 bits per heavy atom. The Morgan fingerprint density at radius 2 is 1.37 bits per heavy atom. The van der Waals surface area contributed by atoms with E-state index in [1.807, 2.05) is 90.9 Å². The Balaban J connectivity index is 2.03. The number of carbonyl (C=O) groups excluding carboxylic acids is 5. The summed E-state index contributed by atoms with van der Waals surface area (Å²) in [5, 5.41) is 9.14. The third kappa shape index (κ3) is 16.6. The normalized spacial score (nSPS) is 15.5. The van der Waals surface area contributed by atoms with Gasteiger partial charge in [0.15, 0.2) is 0 Å². The third-order valence-electron chi connectivity index (χ3n) is 12.1. The number of nitrogens with two attached hydrogens (primary N) is 1. The molecule has 7 unspecified atom stereocenters. The zero-order valence-corrected chi connectivity index (χ0v) is 39.9. The molecule has 0 aliphatic rings. The fourth-order valence-corrected chi connectivity index (χ4v) is 8.08. The Labute approximate surface area is 372 Å². The first-order chi connectivity index (χ1) is 29.3. The minimum atomic E-state index is -0.745. The summed E-state index contributed by atoms with van der Waals surface area (Å²) >= 11 is 0. The van der Waals surface area contributed by atoms with Crippen molar-refractivity contribution in [2.45, 2.75) is 123 Å². The molecule has 0 heterocycles. The van der Waals surface area contributed by atoms with E-state index in [1.165, 1.54) is 0 Å². The van der Waals surface area contributed by atoms with Gasteiger partial charge >= 0.3 is 0 Å². The number of unbranched alkanes of at least 4 members (excludes halogenated alkanes) is 1. The van der Waals surface area contributed by atoms with E-state index in [-0.39, 0.29) is 78.4 Å². The summed E-state index contributed by atoms with van der Waals surface area (Å²) in [6, 6.07) is 14.6. The number of hydrogen-bond acceptors (Lipinski definition) is 9. The van der Waals surface area contributed by atoms with Crippen LogP contribution in [0.5, 0.6) is 0 Å². The first-order valence-corrected chi connectivity index (χ1v) is 22.3. The monoisotopic (exact) mass is 866 g/mol. The summed E-state index contributed by atoms with van der Waals surface area (Å²) in [4.78, 5) is 73.0. The van der Waals surface area contributed by atoms with Crippen LogP contribution >= 0.6 is 0 Å². The van der Waals surface area contributed by atoms with Crippen LogP contribution in [0.1, 0.15) is 96.5 Å². The van der Waals surface area contributed by atoms with Gasteiger partial charge < -0.3 is 41.0 Å². The maximum absolute atomic E-state index is 14.2. The standard InChI is InChI=1S/C48H79N7O7/c1-14-33(6)44(55(11)48(60)42(31(2)3)52-47(59)43(32(4)5)53(8)9)40(62-13)29-41(56)54(10)27-19-18-22-39(61-12)34(7)45(57)51-38(28-35-20-16-15-17-21-35)30-50-46(58)36-23-25-37(49)26-24-36/h15-17,20-21,23-26,31-34,38-40,42-44H,14,18-19,22,27-30,49H2,1-13H3,(H,50,58)(H,51,57)(H,52,59)/t33?,34?,38?,39?,40?,42-,43?,44?/m0/s1. The highest BCUT2D eigenvalue weighted by molar-refractivity contribution is 5.94. The smallest absolute Gasteiger partial charge is 0.251 e. The van der Waals surface area contributed by atoms with E-state index >= 15 is 0 Å². The summed E-state index contributed by atoms with van der Waals surface area (Å²) in [6.45, 7) is 14.5. The lowest BCUT2D eigenvalue weighted by Gasteiger charge is -2.40. The van der Waals surface area contributed by atoms with Gasteiger partial charge in [-0.15, -0.1) is 0 Å². The van der Waals surface area contributed by atoms with Crippen molar-refractivity contribution >= 4 is 35.2 Å². The first kappa shape index (κ1) is 53.6. The number of likely N-dealkylation sites (N-methyl/N-ethyl adjacent to an activating group) is 2. The molecule has 8 atom stereocenters. The van der Waals surface area contributed by atoms with E-state index in [1.54, 1.807) is 62.4 Å². The fourth-order valence-electron chi connectivity index (χ4n) is 8.08. The third-order valence-corrected chi connectivity index (χ3v) is 12.1. The second-order valence-electron chi connectivity index (χ2n) is 17.8. The van der Waals surface area contributed by atoms with Crippen molar-refractivity contribution in [1.82, 2.24) is 30.7 Å². The van der Waals surface area contributed by atoms with Crippen molar-refractivity contribution < 1.29 is 33.4 Å². The predicted molar refractivity (Wildman–Crippen MR) is 247 cm³/mol. The average Bonchev–Trinajstić information content (AvgIpc) is 3.23. The summed E-state index contributed by atoms with van der Waals surface area (Å²) in [5.74, 6) is -1.52. The molecule has 14 heteroatoms. The lowest BCUT2D eigenvalue weighted by Crippen LogP contribution is -2.59. The van der Waals surface area contributed by atoms with Crippen LogP contribution in [0, 0.1) is 23.7 Å². The number of ether oxygens (including phenoxy) is 2. The molecule has 2 rings (SSSR count). The highest BCUT2D eigenvalue weighted by Crippen LogP contribution is 2.24. The molecule has 0 saturated heterocycles. The second-order valence-corrected chi connectivity index (χ2v) is 17.8. The van der Waals surface area contributed by atoms with E-state index < -0.39 is 24.1 Å². The minimum Gasteiger partial charge on any atom is -0.399 e. The number of hydrogen-bond donors (Lipinski definition) is 4. The summed E-state index contributed by atoms with van der Waals surface area (Å²) < 4.78 is 11.8. The number of benzene rings is 2. The molecule has 0 spiro atoms. The molecule has 0 radical (unpaired) electrons. The number of methoxy groups -OCH3 is 2. The van der Waals surface area contributed by atoms with Gasteiger partial charge in [-0.25, -0.2) is 0 Å². The van der Waals surface area contributed by atoms with Crippen LogP contribution < -0.4 is 21.7 Å². The molecule has 5 amide bonds. The van der Waals surface area contributed by atoms with Crippen molar-refractivity contribution in [1.29, 1.82) is 0 Å². The zero-order chi connectivity index (χ0) is 46.7. The molecule has 0 aliphatic heterocycles. The van der Waals surface area contributed by atoms with Gasteiger partial charge in [-0.1, -0.05) is 85.2 Å². The number of rotatable bonds is 27. The number of anilines is 1. The molecule has 0 fully saturated rings. The molecule has 2 aromatic rings. The van der Waals surface area contributed by atoms with Gasteiger partial charge in [-0.2, -0.15) is 0 Å². The Kier molecular flexibility index (Phi) is 23.2. The molecule has 0 bridgehead atoms. The highest BCUT2D eigenvalue weighted by Gasteiger charge is 2.39. The van der Waals surface area contributed by atoms with E-state index in [0.29, 0.717) is 43.5 Å². The van der Waals surface area contributed by atoms with Gasteiger partial charge in [-0.3, -0.25) is 28.9 Å². The lowest BCUT2D eigenvalue weighted by molar-refractivity contribution is -0.146. The van der Waals surface area contributed by atoms with Gasteiger partial charge in [0.25, 0.3) is 5.91 Å². The molecule has 348 valence electrons. The highest BCUT2D eigenvalue weighted by atomic mass is 16.5. The van der Waals surface area contributed by atoms with E-state index in [0.717, 1.165) is 12.0 Å².